The van der Waals surface area contributed by atoms with Crippen molar-refractivity contribution in [3.63, 3.8) is 0 Å². The van der Waals surface area contributed by atoms with E-state index in [2.05, 4.69) is 20.9 Å². The van der Waals surface area contributed by atoms with Crippen LogP contribution in [0.4, 0.5) is 0 Å². The van der Waals surface area contributed by atoms with Crippen molar-refractivity contribution in [1.29, 1.82) is 0 Å². The van der Waals surface area contributed by atoms with E-state index in [0.29, 0.717) is 0 Å². The van der Waals surface area contributed by atoms with Gasteiger partial charge in [-0.25, -0.2) is 0 Å². The maximum atomic E-state index is 4.73. The largest absolute Gasteiger partial charge is 0.303 e. The molecular formula is C5H12N6. The van der Waals surface area contributed by atoms with Crippen molar-refractivity contribution >= 4 is 0 Å². The first kappa shape index (κ1) is 7.90. The molecule has 0 atom stereocenters. The SMILES string of the molecule is NN=NN=NN1CCCCC1. The first-order chi connectivity index (χ1) is 5.43. The third-order valence-corrected chi connectivity index (χ3v) is 1.59. The average Bonchev–Trinajstić information content (AvgIpc) is 2.07. The van der Waals surface area contributed by atoms with Gasteiger partial charge in [0.05, 0.1) is 0 Å². The number of nitrogens with two attached hydrogens (primary N) is 1. The summed E-state index contributed by atoms with van der Waals surface area (Å²) in [5, 5.41) is 15.2. The number of nitrogens with zero attached hydrogens (tertiary/aromatic N) is 5. The Morgan fingerprint density at radius 1 is 1.00 bits per heavy atom. The zero-order valence-corrected chi connectivity index (χ0v) is 6.35. The van der Waals surface area contributed by atoms with E-state index in [1.807, 2.05) is 5.01 Å². The van der Waals surface area contributed by atoms with E-state index in [-0.39, 0.29) is 0 Å². The lowest BCUT2D eigenvalue weighted by Crippen LogP contribution is -2.23. The lowest BCUT2D eigenvalue weighted by Gasteiger charge is -2.20. The molecule has 6 nitrogen and oxygen atoms in total. The van der Waals surface area contributed by atoms with Crippen LogP contribution >= 0.6 is 0 Å². The molecule has 62 valence electrons. The van der Waals surface area contributed by atoms with Crippen molar-refractivity contribution in [1.82, 2.24) is 5.01 Å². The molecule has 0 spiro atoms. The molecule has 11 heavy (non-hydrogen) atoms. The highest BCUT2D eigenvalue weighted by Gasteiger charge is 2.06. The van der Waals surface area contributed by atoms with Gasteiger partial charge in [0.1, 0.15) is 0 Å². The van der Waals surface area contributed by atoms with Crippen LogP contribution in [0.25, 0.3) is 0 Å². The minimum absolute atomic E-state index is 0.962. The molecule has 1 aliphatic rings. The molecule has 1 fully saturated rings. The van der Waals surface area contributed by atoms with E-state index < -0.39 is 0 Å². The Morgan fingerprint density at radius 3 is 2.36 bits per heavy atom. The average molecular weight is 156 g/mol. The molecule has 1 rings (SSSR count). The summed E-state index contributed by atoms with van der Waals surface area (Å²) in [5.41, 5.74) is 0. The van der Waals surface area contributed by atoms with E-state index in [1.165, 1.54) is 19.3 Å². The van der Waals surface area contributed by atoms with Gasteiger partial charge in [-0.05, 0) is 34.9 Å². The van der Waals surface area contributed by atoms with Gasteiger partial charge in [-0.1, -0.05) is 5.22 Å². The number of piperidine rings is 1. The van der Waals surface area contributed by atoms with Gasteiger partial charge in [0.2, 0.25) is 0 Å². The van der Waals surface area contributed by atoms with Crippen LogP contribution in [0, 0.1) is 0 Å². The Balaban J connectivity index is 2.23. The zero-order valence-electron chi connectivity index (χ0n) is 6.35. The number of hydrogen-bond acceptors (Lipinski definition) is 2. The number of rotatable bonds is 2. The van der Waals surface area contributed by atoms with Crippen LogP contribution < -0.4 is 5.84 Å². The van der Waals surface area contributed by atoms with E-state index in [9.17, 15) is 0 Å². The fourth-order valence-corrected chi connectivity index (χ4v) is 1.06. The van der Waals surface area contributed by atoms with E-state index in [1.54, 1.807) is 0 Å². The van der Waals surface area contributed by atoms with Crippen molar-refractivity contribution in [2.24, 2.45) is 26.7 Å². The third kappa shape index (κ3) is 2.92. The monoisotopic (exact) mass is 156 g/mol. The van der Waals surface area contributed by atoms with E-state index >= 15 is 0 Å². The fraction of sp³-hybridized carbons (Fsp3) is 1.00. The van der Waals surface area contributed by atoms with Crippen molar-refractivity contribution < 1.29 is 0 Å². The lowest BCUT2D eigenvalue weighted by molar-refractivity contribution is 0.220. The summed E-state index contributed by atoms with van der Waals surface area (Å²) in [6.45, 7) is 1.92. The Bertz CT molecular complexity index is 147. The standard InChI is InChI=1S/C5H12N6/c6-7-8-9-10-11-4-2-1-3-5-11/h1-5H2,(H2,6,8,10). The minimum Gasteiger partial charge on any atom is -0.303 e. The maximum Gasteiger partial charge on any atom is 0.0377 e. The number of hydrogen-bond donors (Lipinski definition) is 1. The first-order valence-electron chi connectivity index (χ1n) is 3.69. The van der Waals surface area contributed by atoms with Crippen molar-refractivity contribution in [3.05, 3.63) is 0 Å². The Labute approximate surface area is 65.1 Å². The molecule has 0 amide bonds. The molecule has 0 unspecified atom stereocenters. The molecule has 1 heterocycles. The summed E-state index contributed by atoms with van der Waals surface area (Å²) in [6.07, 6.45) is 3.64. The normalized spacial score (nSPS) is 20.2. The maximum absolute atomic E-state index is 4.73. The highest BCUT2D eigenvalue weighted by atomic mass is 15.6. The van der Waals surface area contributed by atoms with Gasteiger partial charge in [0, 0.05) is 13.1 Å². The van der Waals surface area contributed by atoms with Crippen LogP contribution in [0.5, 0.6) is 0 Å². The first-order valence-corrected chi connectivity index (χ1v) is 3.69. The Hall–Kier alpha value is -1.20. The van der Waals surface area contributed by atoms with E-state index in [4.69, 9.17) is 5.84 Å². The Morgan fingerprint density at radius 2 is 1.73 bits per heavy atom. The third-order valence-electron chi connectivity index (χ3n) is 1.59. The summed E-state index contributed by atoms with van der Waals surface area (Å²) < 4.78 is 0. The molecule has 0 aromatic carbocycles. The van der Waals surface area contributed by atoms with Gasteiger partial charge in [0.15, 0.2) is 0 Å². The second kappa shape index (κ2) is 4.59. The van der Waals surface area contributed by atoms with Crippen molar-refractivity contribution in [2.75, 3.05) is 13.1 Å². The van der Waals surface area contributed by atoms with Gasteiger partial charge in [-0.15, -0.1) is 0 Å². The van der Waals surface area contributed by atoms with E-state index in [0.717, 1.165) is 13.1 Å². The predicted molar refractivity (Wildman–Crippen MR) is 39.3 cm³/mol. The molecule has 0 aromatic heterocycles. The molecule has 0 bridgehead atoms. The van der Waals surface area contributed by atoms with Crippen LogP contribution in [0.3, 0.4) is 0 Å². The topological polar surface area (TPSA) is 78.7 Å². The van der Waals surface area contributed by atoms with Crippen LogP contribution in [-0.2, 0) is 0 Å². The van der Waals surface area contributed by atoms with Crippen molar-refractivity contribution in [2.45, 2.75) is 19.3 Å². The molecular weight excluding hydrogens is 144 g/mol. The summed E-state index contributed by atoms with van der Waals surface area (Å²) in [6, 6.07) is 0. The predicted octanol–water partition coefficient (Wildman–Crippen LogP) is 1.08. The van der Waals surface area contributed by atoms with Gasteiger partial charge >= 0.3 is 0 Å². The minimum atomic E-state index is 0.962. The smallest absolute Gasteiger partial charge is 0.0377 e. The highest BCUT2D eigenvalue weighted by Crippen LogP contribution is 2.08. The summed E-state index contributed by atoms with van der Waals surface area (Å²) in [4.78, 5) is 0. The van der Waals surface area contributed by atoms with Crippen LogP contribution in [-0.4, -0.2) is 18.1 Å². The second-order valence-electron chi connectivity index (χ2n) is 2.40. The molecule has 0 aliphatic carbocycles. The molecule has 1 aliphatic heterocycles. The van der Waals surface area contributed by atoms with Crippen LogP contribution in [0.15, 0.2) is 20.9 Å². The zero-order chi connectivity index (χ0) is 7.94. The van der Waals surface area contributed by atoms with Crippen molar-refractivity contribution in [3.8, 4) is 0 Å². The second-order valence-corrected chi connectivity index (χ2v) is 2.40. The molecule has 0 aromatic rings. The molecule has 1 saturated heterocycles. The molecule has 0 saturated carbocycles. The molecule has 6 heteroatoms. The van der Waals surface area contributed by atoms with Gasteiger partial charge in [0.25, 0.3) is 0 Å². The summed E-state index contributed by atoms with van der Waals surface area (Å²) >= 11 is 0. The lowest BCUT2D eigenvalue weighted by atomic mass is 10.2. The van der Waals surface area contributed by atoms with Gasteiger partial charge in [-0.2, -0.15) is 0 Å². The highest BCUT2D eigenvalue weighted by molar-refractivity contribution is 4.58. The summed E-state index contributed by atoms with van der Waals surface area (Å²) in [5.74, 6) is 4.73. The fourth-order valence-electron chi connectivity index (χ4n) is 1.06. The Kier molecular flexibility index (Phi) is 3.30. The van der Waals surface area contributed by atoms with Gasteiger partial charge < -0.3 is 5.84 Å². The van der Waals surface area contributed by atoms with Crippen LogP contribution in [0.1, 0.15) is 19.3 Å². The van der Waals surface area contributed by atoms with Crippen LogP contribution in [0.2, 0.25) is 0 Å². The molecule has 0 radical (unpaired) electrons. The van der Waals surface area contributed by atoms with Gasteiger partial charge in [-0.3, -0.25) is 5.01 Å². The summed E-state index contributed by atoms with van der Waals surface area (Å²) in [7, 11) is 0. The quantitative estimate of drug-likeness (QED) is 0.369. The molecule has 2 N–H and O–H groups in total.